The van der Waals surface area contributed by atoms with Crippen molar-refractivity contribution in [2.45, 2.75) is 13.8 Å². The third kappa shape index (κ3) is 3.77. The SMILES string of the molecule is COc1ccc(C)cc1/C=C/COC(C)=O. The van der Waals surface area contributed by atoms with Crippen molar-refractivity contribution in [2.24, 2.45) is 0 Å². The maximum Gasteiger partial charge on any atom is 0.302 e. The lowest BCUT2D eigenvalue weighted by Gasteiger charge is -2.05. The minimum atomic E-state index is -0.277. The van der Waals surface area contributed by atoms with E-state index in [1.807, 2.05) is 31.2 Å². The van der Waals surface area contributed by atoms with Crippen LogP contribution in [0.25, 0.3) is 6.08 Å². The van der Waals surface area contributed by atoms with Crippen LogP contribution in [0.15, 0.2) is 24.3 Å². The zero-order valence-electron chi connectivity index (χ0n) is 9.82. The second-order valence-electron chi connectivity index (χ2n) is 3.45. The quantitative estimate of drug-likeness (QED) is 0.731. The molecule has 0 heterocycles. The van der Waals surface area contributed by atoms with Gasteiger partial charge in [0.2, 0.25) is 0 Å². The van der Waals surface area contributed by atoms with Gasteiger partial charge in [0.15, 0.2) is 0 Å². The van der Waals surface area contributed by atoms with Crippen LogP contribution in [0.1, 0.15) is 18.1 Å². The first-order valence-corrected chi connectivity index (χ1v) is 5.08. The molecule has 1 aromatic rings. The third-order valence-electron chi connectivity index (χ3n) is 2.07. The predicted molar refractivity (Wildman–Crippen MR) is 63.4 cm³/mol. The highest BCUT2D eigenvalue weighted by atomic mass is 16.5. The van der Waals surface area contributed by atoms with Crippen LogP contribution in [-0.4, -0.2) is 19.7 Å². The number of benzene rings is 1. The Bertz CT molecular complexity index is 394. The van der Waals surface area contributed by atoms with E-state index in [9.17, 15) is 4.79 Å². The van der Waals surface area contributed by atoms with E-state index in [1.165, 1.54) is 6.92 Å². The summed E-state index contributed by atoms with van der Waals surface area (Å²) in [6, 6.07) is 5.92. The molecule has 0 amide bonds. The van der Waals surface area contributed by atoms with Gasteiger partial charge in [-0.1, -0.05) is 17.7 Å². The molecule has 0 unspecified atom stereocenters. The van der Waals surface area contributed by atoms with Crippen LogP contribution in [0.4, 0.5) is 0 Å². The van der Waals surface area contributed by atoms with Crippen molar-refractivity contribution in [1.82, 2.24) is 0 Å². The van der Waals surface area contributed by atoms with E-state index in [0.29, 0.717) is 0 Å². The fourth-order valence-electron chi connectivity index (χ4n) is 1.32. The summed E-state index contributed by atoms with van der Waals surface area (Å²) < 4.78 is 10.0. The molecule has 0 bridgehead atoms. The second-order valence-corrected chi connectivity index (χ2v) is 3.45. The van der Waals surface area contributed by atoms with E-state index in [-0.39, 0.29) is 12.6 Å². The minimum absolute atomic E-state index is 0.277. The highest BCUT2D eigenvalue weighted by Gasteiger charge is 1.98. The number of esters is 1. The first-order valence-electron chi connectivity index (χ1n) is 5.08. The van der Waals surface area contributed by atoms with Crippen molar-refractivity contribution in [2.75, 3.05) is 13.7 Å². The zero-order chi connectivity index (χ0) is 12.0. The Morgan fingerprint density at radius 3 is 2.81 bits per heavy atom. The Balaban J connectivity index is 2.71. The van der Waals surface area contributed by atoms with Gasteiger partial charge >= 0.3 is 5.97 Å². The molecule has 0 spiro atoms. The van der Waals surface area contributed by atoms with E-state index in [0.717, 1.165) is 16.9 Å². The van der Waals surface area contributed by atoms with Crippen molar-refractivity contribution in [1.29, 1.82) is 0 Å². The van der Waals surface area contributed by atoms with Gasteiger partial charge in [-0.2, -0.15) is 0 Å². The Morgan fingerprint density at radius 1 is 1.44 bits per heavy atom. The maximum atomic E-state index is 10.6. The summed E-state index contributed by atoms with van der Waals surface area (Å²) in [5.74, 6) is 0.533. The summed E-state index contributed by atoms with van der Waals surface area (Å²) in [6.07, 6.45) is 3.67. The Kier molecular flexibility index (Phi) is 4.58. The Hall–Kier alpha value is -1.77. The topological polar surface area (TPSA) is 35.5 Å². The van der Waals surface area contributed by atoms with Gasteiger partial charge in [0.1, 0.15) is 12.4 Å². The fraction of sp³-hybridized carbons (Fsp3) is 0.308. The normalized spacial score (nSPS) is 10.4. The van der Waals surface area contributed by atoms with Gasteiger partial charge in [-0.25, -0.2) is 0 Å². The summed E-state index contributed by atoms with van der Waals surface area (Å²) in [7, 11) is 1.63. The lowest BCUT2D eigenvalue weighted by molar-refractivity contribution is -0.139. The van der Waals surface area contributed by atoms with Crippen LogP contribution in [0.3, 0.4) is 0 Å². The van der Waals surface area contributed by atoms with Gasteiger partial charge in [0.25, 0.3) is 0 Å². The molecule has 16 heavy (non-hydrogen) atoms. The number of carbonyl (C=O) groups excluding carboxylic acids is 1. The number of rotatable bonds is 4. The molecule has 1 rings (SSSR count). The van der Waals surface area contributed by atoms with Gasteiger partial charge in [0, 0.05) is 12.5 Å². The van der Waals surface area contributed by atoms with Crippen LogP contribution in [-0.2, 0) is 9.53 Å². The van der Waals surface area contributed by atoms with Gasteiger partial charge in [-0.3, -0.25) is 4.79 Å². The monoisotopic (exact) mass is 220 g/mol. The number of aryl methyl sites for hydroxylation is 1. The van der Waals surface area contributed by atoms with E-state index in [2.05, 4.69) is 0 Å². The second kappa shape index (κ2) is 5.95. The van der Waals surface area contributed by atoms with Gasteiger partial charge in [-0.15, -0.1) is 0 Å². The molecule has 1 aromatic carbocycles. The molecule has 0 radical (unpaired) electrons. The molecule has 0 aromatic heterocycles. The van der Waals surface area contributed by atoms with Crippen molar-refractivity contribution in [3.8, 4) is 5.75 Å². The third-order valence-corrected chi connectivity index (χ3v) is 2.07. The summed E-state index contributed by atoms with van der Waals surface area (Å²) in [5.41, 5.74) is 2.14. The highest BCUT2D eigenvalue weighted by molar-refractivity contribution is 5.66. The lowest BCUT2D eigenvalue weighted by Crippen LogP contribution is -1.97. The molecule has 0 saturated heterocycles. The molecule has 0 aliphatic rings. The molecule has 0 N–H and O–H groups in total. The van der Waals surface area contributed by atoms with E-state index < -0.39 is 0 Å². The average Bonchev–Trinajstić information content (AvgIpc) is 2.24. The number of hydrogen-bond donors (Lipinski definition) is 0. The maximum absolute atomic E-state index is 10.6. The molecule has 86 valence electrons. The molecule has 3 nitrogen and oxygen atoms in total. The highest BCUT2D eigenvalue weighted by Crippen LogP contribution is 2.20. The fourth-order valence-corrected chi connectivity index (χ4v) is 1.32. The Labute approximate surface area is 95.7 Å². The molecule has 0 fully saturated rings. The van der Waals surface area contributed by atoms with Gasteiger partial charge in [-0.05, 0) is 25.1 Å². The van der Waals surface area contributed by atoms with Crippen LogP contribution in [0.2, 0.25) is 0 Å². The minimum Gasteiger partial charge on any atom is -0.496 e. The van der Waals surface area contributed by atoms with E-state index >= 15 is 0 Å². The number of carbonyl (C=O) groups is 1. The number of ether oxygens (including phenoxy) is 2. The van der Waals surface area contributed by atoms with Crippen molar-refractivity contribution >= 4 is 12.0 Å². The van der Waals surface area contributed by atoms with Gasteiger partial charge < -0.3 is 9.47 Å². The molecular weight excluding hydrogens is 204 g/mol. The summed E-state index contributed by atoms with van der Waals surface area (Å²) >= 11 is 0. The Morgan fingerprint density at radius 2 is 2.19 bits per heavy atom. The van der Waals surface area contributed by atoms with E-state index in [4.69, 9.17) is 9.47 Å². The molecule has 0 atom stereocenters. The summed E-state index contributed by atoms with van der Waals surface area (Å²) in [4.78, 5) is 10.6. The molecule has 3 heteroatoms. The summed E-state index contributed by atoms with van der Waals surface area (Å²) in [6.45, 7) is 3.69. The molecule has 0 aliphatic carbocycles. The summed E-state index contributed by atoms with van der Waals surface area (Å²) in [5, 5.41) is 0. The van der Waals surface area contributed by atoms with Gasteiger partial charge in [0.05, 0.1) is 7.11 Å². The van der Waals surface area contributed by atoms with Crippen molar-refractivity contribution in [3.05, 3.63) is 35.4 Å². The number of methoxy groups -OCH3 is 1. The van der Waals surface area contributed by atoms with Crippen LogP contribution >= 0.6 is 0 Å². The lowest BCUT2D eigenvalue weighted by atomic mass is 10.1. The van der Waals surface area contributed by atoms with Crippen LogP contribution in [0.5, 0.6) is 5.75 Å². The van der Waals surface area contributed by atoms with Crippen LogP contribution in [0, 0.1) is 6.92 Å². The zero-order valence-corrected chi connectivity index (χ0v) is 9.82. The first-order chi connectivity index (χ1) is 7.63. The van der Waals surface area contributed by atoms with Crippen molar-refractivity contribution < 1.29 is 14.3 Å². The number of hydrogen-bond acceptors (Lipinski definition) is 3. The first kappa shape index (κ1) is 12.3. The standard InChI is InChI=1S/C13H16O3/c1-10-6-7-13(15-3)12(9-10)5-4-8-16-11(2)14/h4-7,9H,8H2,1-3H3/b5-4+. The molecule has 0 saturated carbocycles. The van der Waals surface area contributed by atoms with E-state index in [1.54, 1.807) is 13.2 Å². The molecule has 0 aliphatic heterocycles. The average molecular weight is 220 g/mol. The van der Waals surface area contributed by atoms with Crippen LogP contribution < -0.4 is 4.74 Å². The largest absolute Gasteiger partial charge is 0.496 e. The smallest absolute Gasteiger partial charge is 0.302 e. The predicted octanol–water partition coefficient (Wildman–Crippen LogP) is 2.58. The van der Waals surface area contributed by atoms with Crippen molar-refractivity contribution in [3.63, 3.8) is 0 Å². The molecular formula is C13H16O3.